The van der Waals surface area contributed by atoms with Crippen LogP contribution in [0.3, 0.4) is 0 Å². The fourth-order valence-corrected chi connectivity index (χ4v) is 3.76. The van der Waals surface area contributed by atoms with Gasteiger partial charge < -0.3 is 9.80 Å². The summed E-state index contributed by atoms with van der Waals surface area (Å²) in [5, 5.41) is 7.23. The van der Waals surface area contributed by atoms with E-state index in [-0.39, 0.29) is 18.0 Å². The Balaban J connectivity index is 1.62. The Morgan fingerprint density at radius 3 is 2.69 bits per heavy atom. The van der Waals surface area contributed by atoms with Crippen LogP contribution in [0.15, 0.2) is 22.4 Å². The van der Waals surface area contributed by atoms with Crippen LogP contribution >= 0.6 is 11.3 Å². The molecule has 2 aromatic rings. The SMILES string of the molecule is CC(C)c1nc(CN(C)C(=O)Cn2ncc(N3CCCC3)cc2=O)cs1. The van der Waals surface area contributed by atoms with Crippen LogP contribution in [0, 0.1) is 0 Å². The first-order valence-corrected chi connectivity index (χ1v) is 9.82. The van der Waals surface area contributed by atoms with Gasteiger partial charge in [0.1, 0.15) is 6.54 Å². The molecule has 0 spiro atoms. The third-order valence-corrected chi connectivity index (χ3v) is 5.69. The van der Waals surface area contributed by atoms with E-state index in [0.717, 1.165) is 42.3 Å². The minimum Gasteiger partial charge on any atom is -0.370 e. The fourth-order valence-electron chi connectivity index (χ4n) is 2.93. The molecule has 1 aliphatic rings. The van der Waals surface area contributed by atoms with E-state index in [4.69, 9.17) is 0 Å². The van der Waals surface area contributed by atoms with Gasteiger partial charge >= 0.3 is 0 Å². The van der Waals surface area contributed by atoms with Gasteiger partial charge in [-0.15, -0.1) is 11.3 Å². The molecule has 1 amide bonds. The summed E-state index contributed by atoms with van der Waals surface area (Å²) < 4.78 is 1.22. The zero-order valence-electron chi connectivity index (χ0n) is 15.5. The van der Waals surface area contributed by atoms with Gasteiger partial charge in [-0.05, 0) is 12.8 Å². The molecule has 3 heterocycles. The highest BCUT2D eigenvalue weighted by atomic mass is 32.1. The Labute approximate surface area is 157 Å². The van der Waals surface area contributed by atoms with Gasteiger partial charge in [-0.1, -0.05) is 13.8 Å². The van der Waals surface area contributed by atoms with E-state index in [1.165, 1.54) is 4.68 Å². The Bertz CT molecular complexity index is 823. The molecular weight excluding hydrogens is 350 g/mol. The highest BCUT2D eigenvalue weighted by Crippen LogP contribution is 2.20. The van der Waals surface area contributed by atoms with Gasteiger partial charge in [0.2, 0.25) is 5.91 Å². The Hall–Kier alpha value is -2.22. The van der Waals surface area contributed by atoms with Crippen LogP contribution < -0.4 is 10.5 Å². The number of rotatable bonds is 6. The normalized spacial score (nSPS) is 14.2. The number of hydrogen-bond donors (Lipinski definition) is 0. The molecule has 0 aromatic carbocycles. The lowest BCUT2D eigenvalue weighted by atomic mass is 10.2. The number of aromatic nitrogens is 3. The summed E-state index contributed by atoms with van der Waals surface area (Å²) in [5.41, 5.74) is 1.47. The van der Waals surface area contributed by atoms with E-state index in [0.29, 0.717) is 12.5 Å². The molecule has 0 bridgehead atoms. The van der Waals surface area contributed by atoms with Crippen molar-refractivity contribution in [2.45, 2.75) is 45.7 Å². The predicted molar refractivity (Wildman–Crippen MR) is 103 cm³/mol. The van der Waals surface area contributed by atoms with Crippen LogP contribution in [0.1, 0.15) is 43.3 Å². The first-order chi connectivity index (χ1) is 12.4. The quantitative estimate of drug-likeness (QED) is 0.773. The number of likely N-dealkylation sites (N-methyl/N-ethyl adjacent to an activating group) is 1. The molecule has 2 aromatic heterocycles. The predicted octanol–water partition coefficient (Wildman–Crippen LogP) is 2.08. The molecule has 140 valence electrons. The van der Waals surface area contributed by atoms with Crippen molar-refractivity contribution in [3.8, 4) is 0 Å². The number of nitrogens with zero attached hydrogens (tertiary/aromatic N) is 5. The molecule has 7 nitrogen and oxygen atoms in total. The summed E-state index contributed by atoms with van der Waals surface area (Å²) in [6.07, 6.45) is 3.96. The number of carbonyl (C=O) groups excluding carboxylic acids is 1. The molecule has 0 atom stereocenters. The number of thiazole rings is 1. The maximum atomic E-state index is 12.4. The second kappa shape index (κ2) is 7.99. The standard InChI is InChI=1S/C18H25N5O2S/c1-13(2)18-20-14(12-26-18)10-21(3)17(25)11-23-16(24)8-15(9-19-23)22-6-4-5-7-22/h8-9,12-13H,4-7,10-11H2,1-3H3. The molecule has 0 aliphatic carbocycles. The maximum Gasteiger partial charge on any atom is 0.269 e. The monoisotopic (exact) mass is 375 g/mol. The van der Waals surface area contributed by atoms with Crippen LogP contribution in [0.2, 0.25) is 0 Å². The maximum absolute atomic E-state index is 12.4. The average molecular weight is 375 g/mol. The van der Waals surface area contributed by atoms with E-state index in [1.807, 2.05) is 5.38 Å². The van der Waals surface area contributed by atoms with E-state index in [2.05, 4.69) is 28.8 Å². The van der Waals surface area contributed by atoms with Crippen LogP contribution in [-0.4, -0.2) is 45.7 Å². The van der Waals surface area contributed by atoms with Crippen molar-refractivity contribution < 1.29 is 4.79 Å². The summed E-state index contributed by atoms with van der Waals surface area (Å²) in [6, 6.07) is 1.57. The van der Waals surface area contributed by atoms with Gasteiger partial charge in [0.05, 0.1) is 29.1 Å². The third-order valence-electron chi connectivity index (χ3n) is 4.50. The van der Waals surface area contributed by atoms with Crippen molar-refractivity contribution in [2.24, 2.45) is 0 Å². The summed E-state index contributed by atoms with van der Waals surface area (Å²) in [4.78, 5) is 33.0. The molecular formula is C18H25N5O2S. The second-order valence-electron chi connectivity index (χ2n) is 6.99. The Kier molecular flexibility index (Phi) is 5.70. The zero-order chi connectivity index (χ0) is 18.7. The number of anilines is 1. The minimum absolute atomic E-state index is 0.0587. The van der Waals surface area contributed by atoms with Crippen molar-refractivity contribution in [1.29, 1.82) is 0 Å². The van der Waals surface area contributed by atoms with Crippen molar-refractivity contribution in [1.82, 2.24) is 19.7 Å². The van der Waals surface area contributed by atoms with Gasteiger partial charge in [0.25, 0.3) is 5.56 Å². The second-order valence-corrected chi connectivity index (χ2v) is 7.88. The number of amides is 1. The smallest absolute Gasteiger partial charge is 0.269 e. The van der Waals surface area contributed by atoms with Gasteiger partial charge in [-0.3, -0.25) is 9.59 Å². The lowest BCUT2D eigenvalue weighted by molar-refractivity contribution is -0.131. The molecule has 0 radical (unpaired) electrons. The van der Waals surface area contributed by atoms with Crippen molar-refractivity contribution >= 4 is 22.9 Å². The van der Waals surface area contributed by atoms with E-state index in [1.54, 1.807) is 35.5 Å². The topological polar surface area (TPSA) is 71.3 Å². The Morgan fingerprint density at radius 2 is 2.08 bits per heavy atom. The van der Waals surface area contributed by atoms with Crippen molar-refractivity contribution in [2.75, 3.05) is 25.0 Å². The number of hydrogen-bond acceptors (Lipinski definition) is 6. The average Bonchev–Trinajstić information content (AvgIpc) is 3.28. The van der Waals surface area contributed by atoms with Crippen molar-refractivity contribution in [3.05, 3.63) is 38.7 Å². The van der Waals surface area contributed by atoms with E-state index < -0.39 is 0 Å². The van der Waals surface area contributed by atoms with Gasteiger partial charge in [-0.2, -0.15) is 5.10 Å². The van der Waals surface area contributed by atoms with Gasteiger partial charge in [0.15, 0.2) is 0 Å². The first kappa shape index (κ1) is 18.6. The van der Waals surface area contributed by atoms with Crippen LogP contribution in [-0.2, 0) is 17.9 Å². The fraction of sp³-hybridized carbons (Fsp3) is 0.556. The highest BCUT2D eigenvalue weighted by molar-refractivity contribution is 7.09. The zero-order valence-corrected chi connectivity index (χ0v) is 16.3. The summed E-state index contributed by atoms with van der Waals surface area (Å²) in [6.45, 7) is 6.49. The lowest BCUT2D eigenvalue weighted by Crippen LogP contribution is -2.35. The molecule has 1 aliphatic heterocycles. The summed E-state index contributed by atoms with van der Waals surface area (Å²) >= 11 is 1.61. The molecule has 0 N–H and O–H groups in total. The van der Waals surface area contributed by atoms with Crippen molar-refractivity contribution in [3.63, 3.8) is 0 Å². The van der Waals surface area contributed by atoms with E-state index >= 15 is 0 Å². The molecule has 0 unspecified atom stereocenters. The highest BCUT2D eigenvalue weighted by Gasteiger charge is 2.16. The van der Waals surface area contributed by atoms with Gasteiger partial charge in [-0.25, -0.2) is 9.67 Å². The first-order valence-electron chi connectivity index (χ1n) is 8.94. The molecule has 1 fully saturated rings. The number of carbonyl (C=O) groups is 1. The summed E-state index contributed by atoms with van der Waals surface area (Å²) in [7, 11) is 1.72. The summed E-state index contributed by atoms with van der Waals surface area (Å²) in [5.74, 6) is 0.222. The molecule has 3 rings (SSSR count). The third kappa shape index (κ3) is 4.30. The molecule has 26 heavy (non-hydrogen) atoms. The largest absolute Gasteiger partial charge is 0.370 e. The minimum atomic E-state index is -0.244. The molecule has 1 saturated heterocycles. The van der Waals surface area contributed by atoms with E-state index in [9.17, 15) is 9.59 Å². The molecule has 8 heteroatoms. The van der Waals surface area contributed by atoms with Crippen LogP contribution in [0.5, 0.6) is 0 Å². The molecule has 0 saturated carbocycles. The lowest BCUT2D eigenvalue weighted by Gasteiger charge is -2.18. The van der Waals surface area contributed by atoms with Gasteiger partial charge in [0, 0.05) is 37.5 Å². The van der Waals surface area contributed by atoms with Crippen LogP contribution in [0.25, 0.3) is 0 Å². The Morgan fingerprint density at radius 1 is 1.35 bits per heavy atom. The van der Waals surface area contributed by atoms with Crippen LogP contribution in [0.4, 0.5) is 5.69 Å².